The van der Waals surface area contributed by atoms with Crippen molar-refractivity contribution in [2.45, 2.75) is 13.2 Å². The molecule has 0 radical (unpaired) electrons. The summed E-state index contributed by atoms with van der Waals surface area (Å²) in [5.41, 5.74) is 3.77. The van der Waals surface area contributed by atoms with Gasteiger partial charge >= 0.3 is 7.82 Å². The third-order valence-electron chi connectivity index (χ3n) is 6.39. The smallest absolute Gasteiger partial charge is 0.493 e. The van der Waals surface area contributed by atoms with Crippen LogP contribution in [-0.4, -0.2) is 21.3 Å². The molecule has 0 bridgehead atoms. The number of benzene rings is 4. The monoisotopic (exact) mass is 586 g/mol. The van der Waals surface area contributed by atoms with Gasteiger partial charge in [-0.05, 0) is 52.6 Å². The lowest BCUT2D eigenvalue weighted by Crippen LogP contribution is -2.04. The van der Waals surface area contributed by atoms with Crippen LogP contribution in [0.5, 0.6) is 23.0 Å². The van der Waals surface area contributed by atoms with E-state index in [1.807, 2.05) is 91.0 Å². The molecule has 1 aromatic heterocycles. The molecule has 4 aromatic carbocycles. The standard InChI is InChI=1S/C33H31O8P/c1-35-31-20-27(21-32(36-2)33(31)37-3)15-14-26-18-29-28(16-17-38-29)30(19-26)41-42(34,39-22-24-10-6-4-7-11-24)40-23-25-12-8-5-9-13-25/h4-21H,22-23H2,1-3H3/b15-14-. The van der Waals surface area contributed by atoms with E-state index in [9.17, 15) is 4.57 Å². The summed E-state index contributed by atoms with van der Waals surface area (Å²) in [5.74, 6) is 1.88. The predicted octanol–water partition coefficient (Wildman–Crippen LogP) is 8.55. The van der Waals surface area contributed by atoms with E-state index >= 15 is 0 Å². The van der Waals surface area contributed by atoms with Crippen LogP contribution in [0, 0.1) is 0 Å². The van der Waals surface area contributed by atoms with Crippen molar-refractivity contribution in [2.24, 2.45) is 0 Å². The third-order valence-corrected chi connectivity index (χ3v) is 7.70. The van der Waals surface area contributed by atoms with Crippen LogP contribution < -0.4 is 18.7 Å². The first-order chi connectivity index (χ1) is 20.5. The molecule has 0 aliphatic rings. The van der Waals surface area contributed by atoms with Crippen LogP contribution in [0.15, 0.2) is 102 Å². The zero-order valence-corrected chi connectivity index (χ0v) is 24.4. The molecule has 0 unspecified atom stereocenters. The topological polar surface area (TPSA) is 85.6 Å². The van der Waals surface area contributed by atoms with E-state index in [0.29, 0.717) is 34.0 Å². The van der Waals surface area contributed by atoms with Gasteiger partial charge in [0.25, 0.3) is 0 Å². The predicted molar refractivity (Wildman–Crippen MR) is 162 cm³/mol. The van der Waals surface area contributed by atoms with Crippen molar-refractivity contribution in [2.75, 3.05) is 21.3 Å². The third kappa shape index (κ3) is 7.04. The second kappa shape index (κ2) is 13.4. The highest BCUT2D eigenvalue weighted by molar-refractivity contribution is 7.48. The number of rotatable bonds is 13. The number of phosphoric ester groups is 1. The van der Waals surface area contributed by atoms with E-state index < -0.39 is 7.82 Å². The van der Waals surface area contributed by atoms with E-state index in [-0.39, 0.29) is 13.2 Å². The molecule has 9 heteroatoms. The Kier molecular flexibility index (Phi) is 9.29. The summed E-state index contributed by atoms with van der Waals surface area (Å²) in [5, 5.41) is 0.631. The Labute approximate surface area is 244 Å². The van der Waals surface area contributed by atoms with Crippen LogP contribution >= 0.6 is 7.82 Å². The van der Waals surface area contributed by atoms with Crippen LogP contribution in [0.1, 0.15) is 22.3 Å². The van der Waals surface area contributed by atoms with E-state index in [1.165, 1.54) is 0 Å². The van der Waals surface area contributed by atoms with Crippen LogP contribution in [0.25, 0.3) is 23.1 Å². The quantitative estimate of drug-likeness (QED) is 0.100. The normalized spacial score (nSPS) is 11.6. The van der Waals surface area contributed by atoms with Crippen molar-refractivity contribution in [1.29, 1.82) is 0 Å². The summed E-state index contributed by atoms with van der Waals surface area (Å²) < 4.78 is 53.8. The second-order valence-electron chi connectivity index (χ2n) is 9.20. The Morgan fingerprint density at radius 2 is 1.19 bits per heavy atom. The molecule has 0 fully saturated rings. The number of hydrogen-bond donors (Lipinski definition) is 0. The summed E-state index contributed by atoms with van der Waals surface area (Å²) in [7, 11) is 0.599. The Morgan fingerprint density at radius 3 is 1.71 bits per heavy atom. The lowest BCUT2D eigenvalue weighted by molar-refractivity contribution is 0.143. The largest absolute Gasteiger partial charge is 0.530 e. The molecule has 5 aromatic rings. The summed E-state index contributed by atoms with van der Waals surface area (Å²) in [6.07, 6.45) is 5.30. The van der Waals surface area contributed by atoms with Gasteiger partial charge in [-0.2, -0.15) is 0 Å². The first-order valence-electron chi connectivity index (χ1n) is 13.2. The van der Waals surface area contributed by atoms with Gasteiger partial charge in [-0.3, -0.25) is 9.05 Å². The lowest BCUT2D eigenvalue weighted by Gasteiger charge is -2.19. The number of ether oxygens (including phenoxy) is 3. The summed E-state index contributed by atoms with van der Waals surface area (Å²) in [6, 6.07) is 27.9. The fourth-order valence-corrected chi connectivity index (χ4v) is 5.47. The van der Waals surface area contributed by atoms with Gasteiger partial charge in [0.2, 0.25) is 5.75 Å². The molecular formula is C33H31O8P. The first-order valence-corrected chi connectivity index (χ1v) is 14.6. The molecule has 5 rings (SSSR count). The van der Waals surface area contributed by atoms with Gasteiger partial charge in [0.05, 0.1) is 46.2 Å². The van der Waals surface area contributed by atoms with Gasteiger partial charge in [-0.15, -0.1) is 0 Å². The van der Waals surface area contributed by atoms with Gasteiger partial charge in [0, 0.05) is 0 Å². The minimum absolute atomic E-state index is 0.0438. The maximum Gasteiger partial charge on any atom is 0.530 e. The van der Waals surface area contributed by atoms with Crippen molar-refractivity contribution in [3.8, 4) is 23.0 Å². The van der Waals surface area contributed by atoms with Crippen molar-refractivity contribution in [3.63, 3.8) is 0 Å². The fraction of sp³-hybridized carbons (Fsp3) is 0.152. The second-order valence-corrected chi connectivity index (χ2v) is 10.8. The Bertz CT molecular complexity index is 1620. The SMILES string of the molecule is COc1cc(/C=C\c2cc(OP(=O)(OCc3ccccc3)OCc3ccccc3)c3ccoc3c2)cc(OC)c1OC. The number of phosphoric acid groups is 1. The molecule has 0 aliphatic carbocycles. The highest BCUT2D eigenvalue weighted by Gasteiger charge is 2.30. The zero-order valence-electron chi connectivity index (χ0n) is 23.5. The highest BCUT2D eigenvalue weighted by Crippen LogP contribution is 2.52. The average Bonchev–Trinajstić information content (AvgIpc) is 3.51. The molecule has 216 valence electrons. The van der Waals surface area contributed by atoms with Gasteiger partial charge in [0.15, 0.2) is 11.5 Å². The van der Waals surface area contributed by atoms with Crippen molar-refractivity contribution < 1.29 is 36.8 Å². The number of fused-ring (bicyclic) bond motifs is 1. The van der Waals surface area contributed by atoms with Crippen molar-refractivity contribution in [3.05, 3.63) is 120 Å². The minimum atomic E-state index is -4.09. The van der Waals surface area contributed by atoms with Gasteiger partial charge in [-0.1, -0.05) is 72.8 Å². The molecule has 0 amide bonds. The Hall–Kier alpha value is -4.49. The van der Waals surface area contributed by atoms with Crippen LogP contribution in [0.2, 0.25) is 0 Å². The lowest BCUT2D eigenvalue weighted by atomic mass is 10.1. The van der Waals surface area contributed by atoms with Crippen molar-refractivity contribution in [1.82, 2.24) is 0 Å². The van der Waals surface area contributed by atoms with E-state index in [4.69, 9.17) is 32.2 Å². The first kappa shape index (κ1) is 29.0. The molecule has 0 aliphatic heterocycles. The molecule has 0 atom stereocenters. The summed E-state index contributed by atoms with van der Waals surface area (Å²) in [6.45, 7) is 0.0876. The van der Waals surface area contributed by atoms with E-state index in [0.717, 1.165) is 22.3 Å². The van der Waals surface area contributed by atoms with Crippen molar-refractivity contribution >= 4 is 30.9 Å². The molecule has 42 heavy (non-hydrogen) atoms. The van der Waals surface area contributed by atoms with Gasteiger partial charge < -0.3 is 23.2 Å². The number of furan rings is 1. The Balaban J connectivity index is 1.45. The van der Waals surface area contributed by atoms with Crippen LogP contribution in [0.4, 0.5) is 0 Å². The maximum absolute atomic E-state index is 14.0. The number of hydrogen-bond acceptors (Lipinski definition) is 8. The molecule has 0 saturated carbocycles. The van der Waals surface area contributed by atoms with Crippen LogP contribution in [-0.2, 0) is 26.8 Å². The molecule has 8 nitrogen and oxygen atoms in total. The van der Waals surface area contributed by atoms with Gasteiger partial charge in [-0.25, -0.2) is 4.57 Å². The van der Waals surface area contributed by atoms with Crippen LogP contribution in [0.3, 0.4) is 0 Å². The maximum atomic E-state index is 14.0. The Morgan fingerprint density at radius 1 is 0.667 bits per heavy atom. The zero-order chi connectivity index (χ0) is 29.4. The molecule has 1 heterocycles. The molecular weight excluding hydrogens is 555 g/mol. The summed E-state index contributed by atoms with van der Waals surface area (Å²) in [4.78, 5) is 0. The van der Waals surface area contributed by atoms with Gasteiger partial charge in [0.1, 0.15) is 11.3 Å². The minimum Gasteiger partial charge on any atom is -0.493 e. The molecule has 0 spiro atoms. The highest BCUT2D eigenvalue weighted by atomic mass is 31.2. The van der Waals surface area contributed by atoms with E-state index in [2.05, 4.69) is 0 Å². The number of methoxy groups -OCH3 is 3. The fourth-order valence-electron chi connectivity index (χ4n) is 4.29. The molecule has 0 saturated heterocycles. The summed E-state index contributed by atoms with van der Waals surface area (Å²) >= 11 is 0. The van der Waals surface area contributed by atoms with E-state index in [1.54, 1.807) is 39.7 Å². The molecule has 0 N–H and O–H groups in total. The average molecular weight is 587 g/mol.